The molecule has 1 unspecified atom stereocenters. The molecule has 0 saturated carbocycles. The number of rotatable bonds is 5. The van der Waals surface area contributed by atoms with E-state index in [9.17, 15) is 9.59 Å². The van der Waals surface area contributed by atoms with E-state index in [0.29, 0.717) is 11.3 Å². The summed E-state index contributed by atoms with van der Waals surface area (Å²) in [7, 11) is 0. The molecule has 1 heterocycles. The fourth-order valence-electron chi connectivity index (χ4n) is 2.83. The summed E-state index contributed by atoms with van der Waals surface area (Å²) in [5.74, 6) is 1.25. The minimum Gasteiger partial charge on any atom is -0.484 e. The van der Waals surface area contributed by atoms with Crippen molar-refractivity contribution in [1.29, 1.82) is 0 Å². The van der Waals surface area contributed by atoms with Crippen LogP contribution in [0.5, 0.6) is 5.75 Å². The highest BCUT2D eigenvalue weighted by Crippen LogP contribution is 2.30. The molecule has 0 fully saturated rings. The second-order valence-electron chi connectivity index (χ2n) is 5.68. The van der Waals surface area contributed by atoms with Crippen LogP contribution in [-0.4, -0.2) is 18.3 Å². The first-order valence-electron chi connectivity index (χ1n) is 7.73. The van der Waals surface area contributed by atoms with E-state index < -0.39 is 0 Å². The van der Waals surface area contributed by atoms with E-state index in [4.69, 9.17) is 9.15 Å². The maximum atomic E-state index is 12.1. The molecule has 0 aliphatic heterocycles. The van der Waals surface area contributed by atoms with Crippen molar-refractivity contribution in [1.82, 2.24) is 5.32 Å². The van der Waals surface area contributed by atoms with Gasteiger partial charge in [-0.3, -0.25) is 9.59 Å². The maximum Gasteiger partial charge on any atom is 0.258 e. The Morgan fingerprint density at radius 2 is 2.22 bits per heavy atom. The molecule has 0 bridgehead atoms. The lowest BCUT2D eigenvalue weighted by molar-refractivity contribution is -0.124. The zero-order chi connectivity index (χ0) is 16.2. The summed E-state index contributed by atoms with van der Waals surface area (Å²) in [6, 6.07) is 8.73. The molecule has 1 atom stereocenters. The first kappa shape index (κ1) is 15.3. The van der Waals surface area contributed by atoms with Gasteiger partial charge in [-0.15, -0.1) is 0 Å². The summed E-state index contributed by atoms with van der Waals surface area (Å²) < 4.78 is 10.9. The Bertz CT molecular complexity index is 719. The van der Waals surface area contributed by atoms with Gasteiger partial charge in [-0.25, -0.2) is 0 Å². The third-order valence-electron chi connectivity index (χ3n) is 4.00. The van der Waals surface area contributed by atoms with Gasteiger partial charge in [0, 0.05) is 17.5 Å². The number of aryl methyl sites for hydroxylation is 1. The highest BCUT2D eigenvalue weighted by atomic mass is 16.5. The lowest BCUT2D eigenvalue weighted by atomic mass is 9.93. The zero-order valence-corrected chi connectivity index (χ0v) is 13.0. The third kappa shape index (κ3) is 3.62. The molecule has 2 aromatic rings. The lowest BCUT2D eigenvalue weighted by Gasteiger charge is -2.22. The number of Topliss-reactive ketones (excluding diaryl/α,β-unsaturated/α-hetero) is 1. The van der Waals surface area contributed by atoms with Gasteiger partial charge in [0.05, 0.1) is 12.3 Å². The van der Waals surface area contributed by atoms with Crippen LogP contribution in [0.3, 0.4) is 0 Å². The summed E-state index contributed by atoms with van der Waals surface area (Å²) in [6.45, 7) is 1.42. The molecule has 1 amide bonds. The van der Waals surface area contributed by atoms with Crippen LogP contribution in [0.15, 0.2) is 41.0 Å². The molecule has 120 valence electrons. The number of ether oxygens (including phenoxy) is 1. The van der Waals surface area contributed by atoms with Crippen LogP contribution in [-0.2, 0) is 11.2 Å². The quantitative estimate of drug-likeness (QED) is 0.861. The van der Waals surface area contributed by atoms with Crippen LogP contribution in [0.25, 0.3) is 0 Å². The lowest BCUT2D eigenvalue weighted by Crippen LogP contribution is -2.34. The number of hydrogen-bond donors (Lipinski definition) is 1. The van der Waals surface area contributed by atoms with Crippen LogP contribution in [0.1, 0.15) is 47.5 Å². The van der Waals surface area contributed by atoms with E-state index in [1.54, 1.807) is 30.5 Å². The smallest absolute Gasteiger partial charge is 0.258 e. The van der Waals surface area contributed by atoms with Gasteiger partial charge < -0.3 is 14.5 Å². The van der Waals surface area contributed by atoms with Crippen LogP contribution in [0.4, 0.5) is 0 Å². The second kappa shape index (κ2) is 6.69. The number of amides is 1. The van der Waals surface area contributed by atoms with Crippen LogP contribution in [0, 0.1) is 0 Å². The topological polar surface area (TPSA) is 68.5 Å². The van der Waals surface area contributed by atoms with Crippen molar-refractivity contribution >= 4 is 11.7 Å². The van der Waals surface area contributed by atoms with Gasteiger partial charge in [-0.2, -0.15) is 0 Å². The molecule has 1 aromatic heterocycles. The van der Waals surface area contributed by atoms with Crippen LogP contribution < -0.4 is 10.1 Å². The van der Waals surface area contributed by atoms with Gasteiger partial charge in [0.25, 0.3) is 5.91 Å². The van der Waals surface area contributed by atoms with Gasteiger partial charge in [-0.05, 0) is 38.0 Å². The van der Waals surface area contributed by atoms with E-state index in [-0.39, 0.29) is 24.3 Å². The maximum absolute atomic E-state index is 12.1. The number of fused-ring (bicyclic) bond motifs is 1. The summed E-state index contributed by atoms with van der Waals surface area (Å²) in [4.78, 5) is 23.4. The molecule has 0 saturated heterocycles. The van der Waals surface area contributed by atoms with Gasteiger partial charge in [-0.1, -0.05) is 12.1 Å². The Labute approximate surface area is 134 Å². The number of ketones is 1. The average molecular weight is 313 g/mol. The minimum atomic E-state index is -0.183. The fourth-order valence-corrected chi connectivity index (χ4v) is 2.83. The molecule has 5 heteroatoms. The number of carbonyl (C=O) groups is 2. The van der Waals surface area contributed by atoms with Gasteiger partial charge in [0.1, 0.15) is 11.5 Å². The molecule has 1 N–H and O–H groups in total. The molecule has 5 nitrogen and oxygen atoms in total. The van der Waals surface area contributed by atoms with Crippen molar-refractivity contribution in [3.8, 4) is 5.75 Å². The van der Waals surface area contributed by atoms with Crippen molar-refractivity contribution in [2.24, 2.45) is 0 Å². The first-order chi connectivity index (χ1) is 11.1. The van der Waals surface area contributed by atoms with Crippen molar-refractivity contribution in [3.63, 3.8) is 0 Å². The SMILES string of the molecule is CC(=O)c1cccc(OCC(=O)NC2CCCc3occc32)c1. The van der Waals surface area contributed by atoms with Crippen molar-refractivity contribution in [2.75, 3.05) is 6.61 Å². The largest absolute Gasteiger partial charge is 0.484 e. The van der Waals surface area contributed by atoms with Gasteiger partial charge >= 0.3 is 0 Å². The number of nitrogens with one attached hydrogen (secondary N) is 1. The molecule has 0 spiro atoms. The van der Waals surface area contributed by atoms with Gasteiger partial charge in [0.15, 0.2) is 12.4 Å². The normalized spacial score (nSPS) is 16.5. The zero-order valence-electron chi connectivity index (χ0n) is 13.0. The highest BCUT2D eigenvalue weighted by molar-refractivity contribution is 5.94. The summed E-state index contributed by atoms with van der Waals surface area (Å²) in [5, 5.41) is 2.98. The Hall–Kier alpha value is -2.56. The average Bonchev–Trinajstić information content (AvgIpc) is 3.03. The Morgan fingerprint density at radius 3 is 3.04 bits per heavy atom. The molecule has 1 aliphatic carbocycles. The summed E-state index contributed by atoms with van der Waals surface area (Å²) in [5.41, 5.74) is 1.63. The highest BCUT2D eigenvalue weighted by Gasteiger charge is 2.24. The molecular weight excluding hydrogens is 294 g/mol. The summed E-state index contributed by atoms with van der Waals surface area (Å²) in [6.07, 6.45) is 4.48. The van der Waals surface area contributed by atoms with Gasteiger partial charge in [0.2, 0.25) is 0 Å². The van der Waals surface area contributed by atoms with Crippen molar-refractivity contribution in [2.45, 2.75) is 32.2 Å². The summed E-state index contributed by atoms with van der Waals surface area (Å²) >= 11 is 0. The molecule has 1 aliphatic rings. The van der Waals surface area contributed by atoms with Crippen LogP contribution in [0.2, 0.25) is 0 Å². The Morgan fingerprint density at radius 1 is 1.35 bits per heavy atom. The van der Waals surface area contributed by atoms with E-state index in [0.717, 1.165) is 30.6 Å². The number of carbonyl (C=O) groups excluding carboxylic acids is 2. The van der Waals surface area contributed by atoms with E-state index >= 15 is 0 Å². The first-order valence-corrected chi connectivity index (χ1v) is 7.73. The Balaban J connectivity index is 1.57. The molecular formula is C18H19NO4. The second-order valence-corrected chi connectivity index (χ2v) is 5.68. The third-order valence-corrected chi connectivity index (χ3v) is 4.00. The molecule has 1 aromatic carbocycles. The van der Waals surface area contributed by atoms with E-state index in [2.05, 4.69) is 5.32 Å². The predicted molar refractivity (Wildman–Crippen MR) is 84.5 cm³/mol. The fraction of sp³-hybridized carbons (Fsp3) is 0.333. The van der Waals surface area contributed by atoms with Crippen molar-refractivity contribution < 1.29 is 18.7 Å². The Kier molecular flexibility index (Phi) is 4.46. The number of hydrogen-bond acceptors (Lipinski definition) is 4. The number of benzene rings is 1. The minimum absolute atomic E-state index is 0.0165. The van der Waals surface area contributed by atoms with Crippen molar-refractivity contribution in [3.05, 3.63) is 53.5 Å². The van der Waals surface area contributed by atoms with E-state index in [1.807, 2.05) is 6.07 Å². The standard InChI is InChI=1S/C18H19NO4/c1-12(20)13-4-2-5-14(10-13)23-11-18(21)19-16-6-3-7-17-15(16)8-9-22-17/h2,4-5,8-10,16H,3,6-7,11H2,1H3,(H,19,21). The van der Waals surface area contributed by atoms with Crippen LogP contribution >= 0.6 is 0 Å². The van der Waals surface area contributed by atoms with E-state index in [1.165, 1.54) is 6.92 Å². The predicted octanol–water partition coefficient (Wildman–Crippen LogP) is 3.05. The number of furan rings is 1. The molecule has 3 rings (SSSR count). The molecule has 23 heavy (non-hydrogen) atoms. The molecule has 0 radical (unpaired) electrons. The monoisotopic (exact) mass is 313 g/mol.